The lowest BCUT2D eigenvalue weighted by Gasteiger charge is -1.92. The number of rotatable bonds is 3. The first-order valence-electron chi connectivity index (χ1n) is 3.62. The molecule has 0 bridgehead atoms. The number of ether oxygens (including phenoxy) is 2. The summed E-state index contributed by atoms with van der Waals surface area (Å²) in [6.07, 6.45) is 3.98. The second-order valence-electron chi connectivity index (χ2n) is 2.27. The molecule has 0 aromatic carbocycles. The van der Waals surface area contributed by atoms with Crippen molar-refractivity contribution >= 4 is 11.9 Å². The summed E-state index contributed by atoms with van der Waals surface area (Å²) in [6, 6.07) is 0. The molecule has 0 unspecified atom stereocenters. The monoisotopic (exact) mass is 184 g/mol. The molecule has 0 aliphatic carbocycles. The highest BCUT2D eigenvalue weighted by atomic mass is 16.5. The van der Waals surface area contributed by atoms with Crippen molar-refractivity contribution in [3.63, 3.8) is 0 Å². The molecule has 0 rings (SSSR count). The molecular weight excluding hydrogens is 172 g/mol. The highest BCUT2D eigenvalue weighted by molar-refractivity contribution is 5.85. The van der Waals surface area contributed by atoms with E-state index in [-0.39, 0.29) is 0 Å². The second-order valence-corrected chi connectivity index (χ2v) is 2.27. The second kappa shape index (κ2) is 5.99. The molecule has 0 aromatic rings. The fourth-order valence-corrected chi connectivity index (χ4v) is 0.560. The molecule has 0 saturated heterocycles. The Morgan fingerprint density at radius 1 is 1.00 bits per heavy atom. The van der Waals surface area contributed by atoms with Gasteiger partial charge in [0.15, 0.2) is 0 Å². The van der Waals surface area contributed by atoms with Crippen LogP contribution < -0.4 is 0 Å². The van der Waals surface area contributed by atoms with Gasteiger partial charge in [0, 0.05) is 12.2 Å². The van der Waals surface area contributed by atoms with Gasteiger partial charge in [0.05, 0.1) is 14.2 Å². The molecule has 0 heterocycles. The van der Waals surface area contributed by atoms with E-state index in [0.717, 1.165) is 0 Å². The lowest BCUT2D eigenvalue weighted by molar-refractivity contribution is -0.135. The standard InChI is InChI=1S/C9H12O4/c1-7(6-9(11)13-3)4-5-8(10)12-2/h4-6H,1-3H3/b5-4+,7-6-. The summed E-state index contributed by atoms with van der Waals surface area (Å²) in [7, 11) is 2.57. The molecule has 0 fully saturated rings. The van der Waals surface area contributed by atoms with Crippen molar-refractivity contribution in [1.82, 2.24) is 0 Å². The van der Waals surface area contributed by atoms with Gasteiger partial charge in [-0.25, -0.2) is 9.59 Å². The van der Waals surface area contributed by atoms with Crippen molar-refractivity contribution in [2.24, 2.45) is 0 Å². The minimum Gasteiger partial charge on any atom is -0.466 e. The van der Waals surface area contributed by atoms with E-state index in [0.29, 0.717) is 5.57 Å². The number of carbonyl (C=O) groups is 2. The Kier molecular flexibility index (Phi) is 5.27. The average molecular weight is 184 g/mol. The molecule has 0 radical (unpaired) electrons. The first-order valence-corrected chi connectivity index (χ1v) is 3.62. The molecule has 13 heavy (non-hydrogen) atoms. The van der Waals surface area contributed by atoms with Crippen LogP contribution >= 0.6 is 0 Å². The van der Waals surface area contributed by atoms with Crippen LogP contribution in [0.25, 0.3) is 0 Å². The van der Waals surface area contributed by atoms with Gasteiger partial charge in [0.25, 0.3) is 0 Å². The van der Waals surface area contributed by atoms with E-state index in [1.54, 1.807) is 6.92 Å². The van der Waals surface area contributed by atoms with Crippen molar-refractivity contribution in [3.05, 3.63) is 23.8 Å². The van der Waals surface area contributed by atoms with E-state index in [1.165, 1.54) is 32.4 Å². The van der Waals surface area contributed by atoms with E-state index in [1.807, 2.05) is 0 Å². The largest absolute Gasteiger partial charge is 0.466 e. The van der Waals surface area contributed by atoms with Crippen LogP contribution in [0.5, 0.6) is 0 Å². The quantitative estimate of drug-likeness (QED) is 0.370. The molecule has 0 N–H and O–H groups in total. The summed E-state index contributed by atoms with van der Waals surface area (Å²) in [5, 5.41) is 0. The van der Waals surface area contributed by atoms with Crippen molar-refractivity contribution in [3.8, 4) is 0 Å². The van der Waals surface area contributed by atoms with E-state index in [2.05, 4.69) is 9.47 Å². The molecule has 0 aliphatic rings. The maximum absolute atomic E-state index is 10.7. The molecule has 0 aliphatic heterocycles. The van der Waals surface area contributed by atoms with Gasteiger partial charge in [-0.1, -0.05) is 6.08 Å². The predicted octanol–water partition coefficient (Wildman–Crippen LogP) is 0.835. The van der Waals surface area contributed by atoms with Gasteiger partial charge in [-0.15, -0.1) is 0 Å². The van der Waals surface area contributed by atoms with Gasteiger partial charge in [0.1, 0.15) is 0 Å². The maximum atomic E-state index is 10.7. The summed E-state index contributed by atoms with van der Waals surface area (Å²) in [5.41, 5.74) is 0.622. The zero-order valence-corrected chi connectivity index (χ0v) is 7.87. The number of hydrogen-bond donors (Lipinski definition) is 0. The van der Waals surface area contributed by atoms with Crippen LogP contribution in [-0.2, 0) is 19.1 Å². The maximum Gasteiger partial charge on any atom is 0.330 e. The number of allylic oxidation sites excluding steroid dienone is 2. The Morgan fingerprint density at radius 3 is 2.00 bits per heavy atom. The van der Waals surface area contributed by atoms with E-state index >= 15 is 0 Å². The summed E-state index contributed by atoms with van der Waals surface area (Å²) >= 11 is 0. The average Bonchev–Trinajstić information content (AvgIpc) is 2.13. The van der Waals surface area contributed by atoms with Gasteiger partial charge < -0.3 is 9.47 Å². The van der Waals surface area contributed by atoms with Crippen molar-refractivity contribution in [1.29, 1.82) is 0 Å². The minimum absolute atomic E-state index is 0.452. The summed E-state index contributed by atoms with van der Waals surface area (Å²) in [6.45, 7) is 1.68. The molecule has 0 saturated carbocycles. The molecule has 0 amide bonds. The zero-order valence-electron chi connectivity index (χ0n) is 7.87. The fourth-order valence-electron chi connectivity index (χ4n) is 0.560. The Bertz CT molecular complexity index is 250. The van der Waals surface area contributed by atoms with Crippen LogP contribution in [0.15, 0.2) is 23.8 Å². The van der Waals surface area contributed by atoms with Crippen molar-refractivity contribution in [2.45, 2.75) is 6.92 Å². The molecule has 0 atom stereocenters. The highest BCUT2D eigenvalue weighted by Crippen LogP contribution is 1.95. The van der Waals surface area contributed by atoms with E-state index in [4.69, 9.17) is 0 Å². The van der Waals surface area contributed by atoms with Crippen LogP contribution in [0.3, 0.4) is 0 Å². The molecule has 4 heteroatoms. The zero-order chi connectivity index (χ0) is 10.3. The first kappa shape index (κ1) is 11.4. The van der Waals surface area contributed by atoms with Crippen LogP contribution in [0.4, 0.5) is 0 Å². The van der Waals surface area contributed by atoms with Gasteiger partial charge in [-0.3, -0.25) is 0 Å². The van der Waals surface area contributed by atoms with Crippen LogP contribution in [-0.4, -0.2) is 26.2 Å². The minimum atomic E-state index is -0.461. The number of methoxy groups -OCH3 is 2. The molecule has 0 aromatic heterocycles. The SMILES string of the molecule is COC(=O)/C=C(C)\C=C\C(=O)OC. The third-order valence-electron chi connectivity index (χ3n) is 1.23. The Morgan fingerprint density at radius 2 is 1.54 bits per heavy atom. The Labute approximate surface area is 76.8 Å². The summed E-state index contributed by atoms with van der Waals surface area (Å²) in [5.74, 6) is -0.912. The summed E-state index contributed by atoms with van der Waals surface area (Å²) < 4.78 is 8.75. The van der Waals surface area contributed by atoms with Crippen LogP contribution in [0.1, 0.15) is 6.92 Å². The smallest absolute Gasteiger partial charge is 0.330 e. The van der Waals surface area contributed by atoms with Gasteiger partial charge in [-0.2, -0.15) is 0 Å². The van der Waals surface area contributed by atoms with Gasteiger partial charge in [0.2, 0.25) is 0 Å². The third-order valence-corrected chi connectivity index (χ3v) is 1.23. The van der Waals surface area contributed by atoms with Crippen molar-refractivity contribution < 1.29 is 19.1 Å². The lowest BCUT2D eigenvalue weighted by atomic mass is 10.2. The van der Waals surface area contributed by atoms with Crippen molar-refractivity contribution in [2.75, 3.05) is 14.2 Å². The topological polar surface area (TPSA) is 52.6 Å². The molecular formula is C9H12O4. The van der Waals surface area contributed by atoms with Gasteiger partial charge >= 0.3 is 11.9 Å². The van der Waals surface area contributed by atoms with Crippen LogP contribution in [0, 0.1) is 0 Å². The number of esters is 2. The summed E-state index contributed by atoms with van der Waals surface area (Å²) in [4.78, 5) is 21.3. The number of carbonyl (C=O) groups excluding carboxylic acids is 2. The first-order chi connectivity index (χ1) is 6.10. The van der Waals surface area contributed by atoms with Gasteiger partial charge in [-0.05, 0) is 12.5 Å². The normalized spacial score (nSPS) is 11.5. The fraction of sp³-hybridized carbons (Fsp3) is 0.333. The molecule has 72 valence electrons. The van der Waals surface area contributed by atoms with Crippen LogP contribution in [0.2, 0.25) is 0 Å². The predicted molar refractivity (Wildman–Crippen MR) is 46.9 cm³/mol. The number of hydrogen-bond acceptors (Lipinski definition) is 4. The molecule has 4 nitrogen and oxygen atoms in total. The Balaban J connectivity index is 4.21. The lowest BCUT2D eigenvalue weighted by Crippen LogP contribution is -1.96. The van der Waals surface area contributed by atoms with E-state index in [9.17, 15) is 9.59 Å². The van der Waals surface area contributed by atoms with E-state index < -0.39 is 11.9 Å². The Hall–Kier alpha value is -1.58. The third kappa shape index (κ3) is 5.66. The highest BCUT2D eigenvalue weighted by Gasteiger charge is 1.94. The molecule has 0 spiro atoms.